The van der Waals surface area contributed by atoms with Gasteiger partial charge in [0.05, 0.1) is 12.1 Å². The SMILES string of the molecule is CN[C@@H](Cc1ccccc1)C(=O)N[C@@H](CCCCN)C(=O)N1CCC[C@H]1C(=O)N[C@H]([C]=O)Cc1ccccc1. The summed E-state index contributed by atoms with van der Waals surface area (Å²) in [6, 6.07) is 16.2. The number of likely N-dealkylation sites (N-methyl/N-ethyl adjacent to an activating group) is 1. The number of rotatable bonds is 15. The highest BCUT2D eigenvalue weighted by Gasteiger charge is 2.38. The summed E-state index contributed by atoms with van der Waals surface area (Å²) in [7, 11) is 1.72. The Kier molecular flexibility index (Phi) is 12.1. The van der Waals surface area contributed by atoms with Gasteiger partial charge in [0.1, 0.15) is 12.1 Å². The van der Waals surface area contributed by atoms with Crippen molar-refractivity contribution in [2.24, 2.45) is 5.73 Å². The molecule has 209 valence electrons. The van der Waals surface area contributed by atoms with Gasteiger partial charge >= 0.3 is 0 Å². The van der Waals surface area contributed by atoms with E-state index in [2.05, 4.69) is 16.0 Å². The average molecular weight is 535 g/mol. The van der Waals surface area contributed by atoms with Crippen LogP contribution in [0.15, 0.2) is 60.7 Å². The average Bonchev–Trinajstić information content (AvgIpc) is 3.46. The Morgan fingerprint density at radius 1 is 0.949 bits per heavy atom. The maximum absolute atomic E-state index is 13.7. The van der Waals surface area contributed by atoms with Crippen molar-refractivity contribution in [3.8, 4) is 0 Å². The molecule has 1 aliphatic rings. The smallest absolute Gasteiger partial charge is 0.245 e. The molecule has 0 saturated carbocycles. The Balaban J connectivity index is 1.67. The van der Waals surface area contributed by atoms with E-state index in [9.17, 15) is 19.2 Å². The second-order valence-electron chi connectivity index (χ2n) is 9.94. The molecule has 4 atom stereocenters. The Morgan fingerprint density at radius 2 is 1.59 bits per heavy atom. The molecule has 9 heteroatoms. The molecule has 1 radical (unpaired) electrons. The van der Waals surface area contributed by atoms with E-state index in [0.29, 0.717) is 51.6 Å². The summed E-state index contributed by atoms with van der Waals surface area (Å²) in [6.45, 7) is 0.898. The number of hydrogen-bond donors (Lipinski definition) is 4. The van der Waals surface area contributed by atoms with Crippen LogP contribution in [0.2, 0.25) is 0 Å². The predicted octanol–water partition coefficient (Wildman–Crippen LogP) is 1.26. The number of carbonyl (C=O) groups is 3. The number of hydrogen-bond acceptors (Lipinski definition) is 6. The molecule has 1 saturated heterocycles. The Bertz CT molecular complexity index is 1070. The van der Waals surface area contributed by atoms with Gasteiger partial charge in [-0.3, -0.25) is 19.2 Å². The molecule has 9 nitrogen and oxygen atoms in total. The summed E-state index contributed by atoms with van der Waals surface area (Å²) in [5.41, 5.74) is 7.58. The largest absolute Gasteiger partial charge is 0.344 e. The molecule has 0 aliphatic carbocycles. The number of amides is 3. The van der Waals surface area contributed by atoms with Crippen molar-refractivity contribution >= 4 is 24.0 Å². The normalized spacial score (nSPS) is 17.2. The second-order valence-corrected chi connectivity index (χ2v) is 9.94. The van der Waals surface area contributed by atoms with Gasteiger partial charge in [-0.15, -0.1) is 0 Å². The van der Waals surface area contributed by atoms with Gasteiger partial charge in [0.15, 0.2) is 0 Å². The second kappa shape index (κ2) is 15.8. The van der Waals surface area contributed by atoms with Gasteiger partial charge in [0.2, 0.25) is 24.0 Å². The number of benzene rings is 2. The summed E-state index contributed by atoms with van der Waals surface area (Å²) in [4.78, 5) is 53.2. The highest BCUT2D eigenvalue weighted by Crippen LogP contribution is 2.20. The molecule has 0 aromatic heterocycles. The van der Waals surface area contributed by atoms with Crippen LogP contribution >= 0.6 is 0 Å². The number of likely N-dealkylation sites (tertiary alicyclic amines) is 1. The van der Waals surface area contributed by atoms with Crippen molar-refractivity contribution in [1.29, 1.82) is 0 Å². The number of nitrogens with zero attached hydrogens (tertiary/aromatic N) is 1. The molecule has 0 bridgehead atoms. The Hall–Kier alpha value is -3.56. The lowest BCUT2D eigenvalue weighted by Crippen LogP contribution is -2.57. The first-order valence-electron chi connectivity index (χ1n) is 13.7. The van der Waals surface area contributed by atoms with E-state index in [1.807, 2.05) is 66.9 Å². The molecule has 5 N–H and O–H groups in total. The van der Waals surface area contributed by atoms with Gasteiger partial charge in [-0.1, -0.05) is 60.7 Å². The minimum absolute atomic E-state index is 0.272. The fourth-order valence-electron chi connectivity index (χ4n) is 4.94. The van der Waals surface area contributed by atoms with Crippen LogP contribution in [0.4, 0.5) is 0 Å². The topological polar surface area (TPSA) is 134 Å². The van der Waals surface area contributed by atoms with Crippen LogP contribution in [0.3, 0.4) is 0 Å². The molecule has 1 fully saturated rings. The molecule has 0 spiro atoms. The fraction of sp³-hybridized carbons (Fsp3) is 0.467. The third kappa shape index (κ3) is 9.01. The molecule has 1 aliphatic heterocycles. The van der Waals surface area contributed by atoms with Crippen LogP contribution in [0, 0.1) is 0 Å². The lowest BCUT2D eigenvalue weighted by molar-refractivity contribution is -0.141. The standard InChI is InChI=1S/C30H40N5O4/c1-32-26(20-23-13-6-3-7-14-23)28(37)34-25(15-8-9-17-31)30(39)35-18-10-16-27(35)29(38)33-24(21-36)19-22-11-4-2-5-12-22/h2-7,11-14,24-27,32H,8-10,15-20,31H2,1H3,(H,33,38)(H,34,37)/t24-,25-,26-,27-/m0/s1. The number of unbranched alkanes of at least 4 members (excludes halogenated alkanes) is 1. The van der Waals surface area contributed by atoms with Gasteiger partial charge in [0.25, 0.3) is 0 Å². The van der Waals surface area contributed by atoms with Crippen LogP contribution in [-0.4, -0.2) is 73.2 Å². The van der Waals surface area contributed by atoms with Crippen LogP contribution in [-0.2, 0) is 32.0 Å². The van der Waals surface area contributed by atoms with E-state index in [-0.39, 0.29) is 17.7 Å². The van der Waals surface area contributed by atoms with E-state index in [1.54, 1.807) is 11.9 Å². The molecule has 2 aromatic carbocycles. The Labute approximate surface area is 230 Å². The molecule has 39 heavy (non-hydrogen) atoms. The number of nitrogens with two attached hydrogens (primary N) is 1. The maximum atomic E-state index is 13.7. The Morgan fingerprint density at radius 3 is 2.18 bits per heavy atom. The van der Waals surface area contributed by atoms with Crippen molar-refractivity contribution in [3.63, 3.8) is 0 Å². The third-order valence-electron chi connectivity index (χ3n) is 7.09. The molecule has 3 amide bonds. The first kappa shape index (κ1) is 30.0. The minimum atomic E-state index is -0.813. The maximum Gasteiger partial charge on any atom is 0.245 e. The summed E-state index contributed by atoms with van der Waals surface area (Å²) in [5.74, 6) is -0.942. The predicted molar refractivity (Wildman–Crippen MR) is 150 cm³/mol. The minimum Gasteiger partial charge on any atom is -0.344 e. The van der Waals surface area contributed by atoms with Crippen molar-refractivity contribution in [3.05, 3.63) is 71.8 Å². The third-order valence-corrected chi connectivity index (χ3v) is 7.09. The van der Waals surface area contributed by atoms with Crippen molar-refractivity contribution in [2.45, 2.75) is 69.1 Å². The van der Waals surface area contributed by atoms with Crippen molar-refractivity contribution in [1.82, 2.24) is 20.9 Å². The molecule has 1 heterocycles. The lowest BCUT2D eigenvalue weighted by atomic mass is 10.0. The van der Waals surface area contributed by atoms with E-state index >= 15 is 0 Å². The van der Waals surface area contributed by atoms with Crippen LogP contribution < -0.4 is 21.7 Å². The van der Waals surface area contributed by atoms with Crippen molar-refractivity contribution < 1.29 is 19.2 Å². The molecule has 0 unspecified atom stereocenters. The molecular formula is C30H40N5O4. The molecule has 3 rings (SSSR count). The van der Waals surface area contributed by atoms with Crippen LogP contribution in [0.1, 0.15) is 43.2 Å². The number of carbonyl (C=O) groups excluding carboxylic acids is 4. The quantitative estimate of drug-likeness (QED) is 0.254. The number of nitrogens with one attached hydrogen (secondary N) is 3. The summed E-state index contributed by atoms with van der Waals surface area (Å²) < 4.78 is 0. The highest BCUT2D eigenvalue weighted by atomic mass is 16.2. The van der Waals surface area contributed by atoms with Gasteiger partial charge in [0, 0.05) is 13.0 Å². The van der Waals surface area contributed by atoms with E-state index in [1.165, 1.54) is 0 Å². The van der Waals surface area contributed by atoms with Gasteiger partial charge < -0.3 is 26.6 Å². The zero-order valence-electron chi connectivity index (χ0n) is 22.6. The summed E-state index contributed by atoms with van der Waals surface area (Å²) in [5, 5.41) is 8.75. The fourth-order valence-corrected chi connectivity index (χ4v) is 4.94. The summed E-state index contributed by atoms with van der Waals surface area (Å²) >= 11 is 0. The first-order chi connectivity index (χ1) is 19.0. The molecule has 2 aromatic rings. The van der Waals surface area contributed by atoms with E-state index in [0.717, 1.165) is 17.5 Å². The van der Waals surface area contributed by atoms with Gasteiger partial charge in [-0.05, 0) is 63.2 Å². The first-order valence-corrected chi connectivity index (χ1v) is 13.7. The van der Waals surface area contributed by atoms with Crippen molar-refractivity contribution in [2.75, 3.05) is 20.1 Å². The van der Waals surface area contributed by atoms with Gasteiger partial charge in [-0.2, -0.15) is 0 Å². The zero-order valence-corrected chi connectivity index (χ0v) is 22.6. The summed E-state index contributed by atoms with van der Waals surface area (Å²) in [6.07, 6.45) is 5.67. The monoisotopic (exact) mass is 534 g/mol. The van der Waals surface area contributed by atoms with Gasteiger partial charge in [-0.25, -0.2) is 0 Å². The van der Waals surface area contributed by atoms with E-state index in [4.69, 9.17) is 5.73 Å². The van der Waals surface area contributed by atoms with Crippen LogP contribution in [0.5, 0.6) is 0 Å². The highest BCUT2D eigenvalue weighted by molar-refractivity contribution is 5.94. The lowest BCUT2D eigenvalue weighted by Gasteiger charge is -2.30. The zero-order chi connectivity index (χ0) is 28.0. The molecular weight excluding hydrogens is 494 g/mol. The van der Waals surface area contributed by atoms with Crippen LogP contribution in [0.25, 0.3) is 0 Å². The van der Waals surface area contributed by atoms with E-state index < -0.39 is 24.2 Å².